The smallest absolute Gasteiger partial charge is 0.387 e. The number of ether oxygens (including phenoxy) is 2. The average Bonchev–Trinajstić information content (AvgIpc) is 2.74. The molecule has 0 aliphatic carbocycles. The van der Waals surface area contributed by atoms with Gasteiger partial charge >= 0.3 is 12.6 Å². The molecule has 0 atom stereocenters. The van der Waals surface area contributed by atoms with E-state index in [1.54, 1.807) is 31.2 Å². The summed E-state index contributed by atoms with van der Waals surface area (Å²) in [6, 6.07) is 8.77. The summed E-state index contributed by atoms with van der Waals surface area (Å²) >= 11 is 0. The summed E-state index contributed by atoms with van der Waals surface area (Å²) in [7, 11) is 0. The molecular formula is C23H20F3NO5. The van der Waals surface area contributed by atoms with Crippen LogP contribution in [0.1, 0.15) is 41.0 Å². The molecule has 0 unspecified atom stereocenters. The lowest BCUT2D eigenvalue weighted by molar-refractivity contribution is -0.139. The van der Waals surface area contributed by atoms with Crippen molar-refractivity contribution in [2.75, 3.05) is 6.61 Å². The summed E-state index contributed by atoms with van der Waals surface area (Å²) < 4.78 is 51.4. The minimum absolute atomic E-state index is 0.112. The molecule has 3 aromatic rings. The lowest BCUT2D eigenvalue weighted by Crippen LogP contribution is -2.13. The quantitative estimate of drug-likeness (QED) is 0.475. The predicted molar refractivity (Wildman–Crippen MR) is 110 cm³/mol. The van der Waals surface area contributed by atoms with Crippen LogP contribution >= 0.6 is 0 Å². The Kier molecular flexibility index (Phi) is 6.97. The van der Waals surface area contributed by atoms with Crippen LogP contribution in [-0.4, -0.2) is 35.1 Å². The van der Waals surface area contributed by atoms with Gasteiger partial charge in [-0.3, -0.25) is 4.79 Å². The molecule has 0 radical (unpaired) electrons. The Labute approximate surface area is 181 Å². The van der Waals surface area contributed by atoms with Crippen molar-refractivity contribution in [3.8, 4) is 11.5 Å². The van der Waals surface area contributed by atoms with E-state index in [0.717, 1.165) is 12.1 Å². The Hall–Kier alpha value is -3.62. The highest BCUT2D eigenvalue weighted by atomic mass is 19.3. The fourth-order valence-electron chi connectivity index (χ4n) is 3.38. The van der Waals surface area contributed by atoms with Crippen LogP contribution in [0.3, 0.4) is 0 Å². The predicted octanol–water partition coefficient (Wildman–Crippen LogP) is 4.79. The van der Waals surface area contributed by atoms with Gasteiger partial charge in [-0.15, -0.1) is 0 Å². The number of benzene rings is 2. The molecule has 0 spiro atoms. The van der Waals surface area contributed by atoms with Crippen LogP contribution in [0.5, 0.6) is 11.5 Å². The number of aromatic nitrogens is 1. The third-order valence-corrected chi connectivity index (χ3v) is 4.82. The number of halogens is 3. The zero-order chi connectivity index (χ0) is 23.4. The Morgan fingerprint density at radius 2 is 1.81 bits per heavy atom. The van der Waals surface area contributed by atoms with E-state index in [9.17, 15) is 22.8 Å². The van der Waals surface area contributed by atoms with E-state index in [1.807, 2.05) is 0 Å². The van der Waals surface area contributed by atoms with Gasteiger partial charge in [0.15, 0.2) is 12.4 Å². The van der Waals surface area contributed by atoms with Crippen LogP contribution in [-0.2, 0) is 17.6 Å². The number of rotatable bonds is 9. The molecule has 0 saturated carbocycles. The number of carbonyl (C=O) groups excluding carboxylic acids is 1. The topological polar surface area (TPSA) is 85.7 Å². The second-order valence-electron chi connectivity index (χ2n) is 6.98. The molecule has 0 bridgehead atoms. The Morgan fingerprint density at radius 3 is 2.38 bits per heavy atom. The number of ketones is 1. The van der Waals surface area contributed by atoms with E-state index in [4.69, 9.17) is 14.6 Å². The van der Waals surface area contributed by atoms with Crippen molar-refractivity contribution in [2.45, 2.75) is 33.3 Å². The lowest BCUT2D eigenvalue weighted by atomic mass is 9.97. The maximum absolute atomic E-state index is 14.6. The molecule has 0 aliphatic rings. The van der Waals surface area contributed by atoms with Crippen molar-refractivity contribution in [3.63, 3.8) is 0 Å². The highest BCUT2D eigenvalue weighted by Crippen LogP contribution is 2.40. The number of carboxylic acids is 1. The van der Waals surface area contributed by atoms with E-state index in [1.165, 1.54) is 6.92 Å². The molecule has 9 heteroatoms. The standard InChI is InChI=1S/C23H20F3NO5/c1-3-17-15(10-13-4-6-14(7-5-13)12(2)28)22(32-23(25)26)20-18(31-11-19(29)30)9-8-16(24)21(20)27-17/h4-9,23H,3,10-11H2,1-2H3,(H,29,30). The molecule has 168 valence electrons. The molecule has 1 aromatic heterocycles. The van der Waals surface area contributed by atoms with E-state index in [-0.39, 0.29) is 34.6 Å². The monoisotopic (exact) mass is 447 g/mol. The fourth-order valence-corrected chi connectivity index (χ4v) is 3.38. The van der Waals surface area contributed by atoms with E-state index in [2.05, 4.69) is 4.98 Å². The van der Waals surface area contributed by atoms with Crippen LogP contribution in [0.2, 0.25) is 0 Å². The van der Waals surface area contributed by atoms with Crippen LogP contribution < -0.4 is 9.47 Å². The number of hydrogen-bond donors (Lipinski definition) is 1. The zero-order valence-corrected chi connectivity index (χ0v) is 17.3. The van der Waals surface area contributed by atoms with Gasteiger partial charge in [-0.05, 0) is 31.0 Å². The maximum atomic E-state index is 14.6. The number of carboxylic acid groups (broad SMARTS) is 1. The second kappa shape index (κ2) is 9.67. The van der Waals surface area contributed by atoms with Gasteiger partial charge in [0.25, 0.3) is 0 Å². The molecule has 0 aliphatic heterocycles. The van der Waals surface area contributed by atoms with Crippen molar-refractivity contribution in [3.05, 3.63) is 64.6 Å². The molecule has 0 amide bonds. The number of hydrogen-bond acceptors (Lipinski definition) is 5. The molecule has 32 heavy (non-hydrogen) atoms. The van der Waals surface area contributed by atoms with Crippen LogP contribution in [0.15, 0.2) is 36.4 Å². The van der Waals surface area contributed by atoms with Gasteiger partial charge in [-0.25, -0.2) is 14.2 Å². The summed E-state index contributed by atoms with van der Waals surface area (Å²) in [5.41, 5.74) is 1.57. The van der Waals surface area contributed by atoms with Gasteiger partial charge < -0.3 is 14.6 Å². The Morgan fingerprint density at radius 1 is 1.12 bits per heavy atom. The molecule has 1 N–H and O–H groups in total. The Bertz CT molecular complexity index is 1160. The summed E-state index contributed by atoms with van der Waals surface area (Å²) in [5, 5.41) is 8.75. The summed E-state index contributed by atoms with van der Waals surface area (Å²) in [4.78, 5) is 26.8. The normalized spacial score (nSPS) is 11.1. The van der Waals surface area contributed by atoms with Crippen LogP contribution in [0.25, 0.3) is 10.9 Å². The van der Waals surface area contributed by atoms with Gasteiger partial charge in [0.2, 0.25) is 0 Å². The lowest BCUT2D eigenvalue weighted by Gasteiger charge is -2.19. The number of alkyl halides is 2. The number of nitrogens with zero attached hydrogens (tertiary/aromatic N) is 1. The van der Waals surface area contributed by atoms with Crippen molar-refractivity contribution < 1.29 is 37.3 Å². The van der Waals surface area contributed by atoms with E-state index >= 15 is 0 Å². The fraction of sp³-hybridized carbons (Fsp3) is 0.261. The highest BCUT2D eigenvalue weighted by Gasteiger charge is 2.24. The maximum Gasteiger partial charge on any atom is 0.387 e. The minimum Gasteiger partial charge on any atom is -0.481 e. The highest BCUT2D eigenvalue weighted by molar-refractivity contribution is 5.94. The van der Waals surface area contributed by atoms with Crippen molar-refractivity contribution >= 4 is 22.7 Å². The first-order valence-corrected chi connectivity index (χ1v) is 9.74. The molecule has 0 saturated heterocycles. The van der Waals surface area contributed by atoms with Gasteiger partial charge in [0.05, 0.1) is 5.39 Å². The number of fused-ring (bicyclic) bond motifs is 1. The second-order valence-corrected chi connectivity index (χ2v) is 6.98. The zero-order valence-electron chi connectivity index (χ0n) is 17.3. The summed E-state index contributed by atoms with van der Waals surface area (Å²) in [6.45, 7) is -0.809. The number of aliphatic carboxylic acids is 1. The third-order valence-electron chi connectivity index (χ3n) is 4.82. The molecule has 1 heterocycles. The number of pyridine rings is 1. The molecule has 0 fully saturated rings. The molecular weight excluding hydrogens is 427 g/mol. The third kappa shape index (κ3) is 4.99. The summed E-state index contributed by atoms with van der Waals surface area (Å²) in [5.74, 6) is -2.65. The van der Waals surface area contributed by atoms with Gasteiger partial charge in [-0.1, -0.05) is 31.2 Å². The number of carbonyl (C=O) groups is 2. The van der Waals surface area contributed by atoms with Crippen molar-refractivity contribution in [2.24, 2.45) is 0 Å². The van der Waals surface area contributed by atoms with Crippen LogP contribution in [0.4, 0.5) is 13.2 Å². The Balaban J connectivity index is 2.23. The van der Waals surface area contributed by atoms with Gasteiger partial charge in [0.1, 0.15) is 22.8 Å². The van der Waals surface area contributed by atoms with Crippen LogP contribution in [0, 0.1) is 5.82 Å². The number of Topliss-reactive ketones (excluding diaryl/α,β-unsaturated/α-hetero) is 1. The van der Waals surface area contributed by atoms with Gasteiger partial charge in [-0.2, -0.15) is 8.78 Å². The average molecular weight is 447 g/mol. The van der Waals surface area contributed by atoms with Gasteiger partial charge in [0, 0.05) is 23.2 Å². The largest absolute Gasteiger partial charge is 0.481 e. The first kappa shape index (κ1) is 23.1. The van der Waals surface area contributed by atoms with Crippen molar-refractivity contribution in [1.29, 1.82) is 0 Å². The molecule has 6 nitrogen and oxygen atoms in total. The SMILES string of the molecule is CCc1nc2c(F)ccc(OCC(=O)O)c2c(OC(F)F)c1Cc1ccc(C(C)=O)cc1. The minimum atomic E-state index is -3.22. The van der Waals surface area contributed by atoms with E-state index in [0.29, 0.717) is 28.8 Å². The molecule has 2 aromatic carbocycles. The number of aryl methyl sites for hydroxylation is 1. The summed E-state index contributed by atoms with van der Waals surface area (Å²) in [6.07, 6.45) is 0.414. The first-order valence-electron chi connectivity index (χ1n) is 9.74. The molecule has 3 rings (SSSR count). The van der Waals surface area contributed by atoms with E-state index < -0.39 is 25.0 Å². The van der Waals surface area contributed by atoms with Crippen molar-refractivity contribution in [1.82, 2.24) is 4.98 Å². The first-order chi connectivity index (χ1) is 15.2.